The molecule has 2 aliphatic rings. The number of rotatable bonds is 6. The Kier molecular flexibility index (Phi) is 7.51. The molecule has 1 unspecified atom stereocenters. The summed E-state index contributed by atoms with van der Waals surface area (Å²) in [7, 11) is 0. The van der Waals surface area contributed by atoms with Gasteiger partial charge in [0.2, 0.25) is 0 Å². The summed E-state index contributed by atoms with van der Waals surface area (Å²) >= 11 is 0. The Labute approximate surface area is 214 Å². The number of fused-ring (bicyclic) bond motifs is 1. The molecule has 1 atom stereocenters. The van der Waals surface area contributed by atoms with Crippen LogP contribution in [0.25, 0.3) is 0 Å². The number of benzene rings is 3. The molecule has 0 radical (unpaired) electrons. The van der Waals surface area contributed by atoms with Crippen molar-refractivity contribution in [1.29, 1.82) is 5.26 Å². The molecule has 1 nitrogen and oxygen atoms in total. The minimum atomic E-state index is -0.344. The molecule has 36 heavy (non-hydrogen) atoms. The number of hydrogen-bond acceptors (Lipinski definition) is 1. The van der Waals surface area contributed by atoms with Gasteiger partial charge in [-0.25, -0.2) is 8.78 Å². The zero-order chi connectivity index (χ0) is 25.1. The van der Waals surface area contributed by atoms with Gasteiger partial charge < -0.3 is 0 Å². The summed E-state index contributed by atoms with van der Waals surface area (Å²) in [5, 5.41) is 9.02. The third-order valence-electron chi connectivity index (χ3n) is 8.68. The molecule has 5 rings (SSSR count). The Morgan fingerprint density at radius 3 is 2.19 bits per heavy atom. The highest BCUT2D eigenvalue weighted by molar-refractivity contribution is 5.40. The van der Waals surface area contributed by atoms with E-state index in [1.807, 2.05) is 24.3 Å². The third-order valence-corrected chi connectivity index (χ3v) is 8.68. The summed E-state index contributed by atoms with van der Waals surface area (Å²) in [5.74, 6) is 0.227. The van der Waals surface area contributed by atoms with Crippen LogP contribution in [0, 0.1) is 28.9 Å². The summed E-state index contributed by atoms with van der Waals surface area (Å²) in [4.78, 5) is 0. The molecular weight excluding hydrogens is 448 g/mol. The average Bonchev–Trinajstić information content (AvgIpc) is 2.92. The first kappa shape index (κ1) is 24.7. The maximum atomic E-state index is 15.7. The van der Waals surface area contributed by atoms with Gasteiger partial charge in [-0.05, 0) is 128 Å². The van der Waals surface area contributed by atoms with E-state index >= 15 is 8.78 Å². The quantitative estimate of drug-likeness (QED) is 0.344. The van der Waals surface area contributed by atoms with Gasteiger partial charge in [0, 0.05) is 5.56 Å². The van der Waals surface area contributed by atoms with E-state index in [-0.39, 0.29) is 17.6 Å². The Morgan fingerprint density at radius 2 is 1.53 bits per heavy atom. The van der Waals surface area contributed by atoms with Crippen LogP contribution in [0.15, 0.2) is 54.6 Å². The Bertz CT molecular complexity index is 1230. The van der Waals surface area contributed by atoms with E-state index in [1.165, 1.54) is 16.7 Å². The lowest BCUT2D eigenvalue weighted by Gasteiger charge is -2.31. The normalized spacial score (nSPS) is 21.6. The van der Waals surface area contributed by atoms with Gasteiger partial charge in [0.1, 0.15) is 11.6 Å². The standard InChI is InChI=1S/C33H35F2N/c1-2-22-3-5-23(6-4-22)7-8-24-11-18-30-29(19-24)20-31(34)32(33(30)35)28-16-14-27(15-17-28)26-12-9-25(21-36)10-13-26/h3-6,9-10,12-13,20,24,27-28H,2,7-8,11,14-19H2,1H3. The van der Waals surface area contributed by atoms with E-state index in [4.69, 9.17) is 5.26 Å². The lowest BCUT2D eigenvalue weighted by Crippen LogP contribution is -2.20. The molecular formula is C33H35F2N. The lowest BCUT2D eigenvalue weighted by molar-refractivity contribution is 0.369. The Morgan fingerprint density at radius 1 is 0.861 bits per heavy atom. The van der Waals surface area contributed by atoms with Gasteiger partial charge in [0.05, 0.1) is 11.6 Å². The zero-order valence-corrected chi connectivity index (χ0v) is 21.2. The largest absolute Gasteiger partial charge is 0.207 e. The molecule has 3 heteroatoms. The maximum absolute atomic E-state index is 15.7. The lowest BCUT2D eigenvalue weighted by atomic mass is 9.74. The van der Waals surface area contributed by atoms with Crippen molar-refractivity contribution in [3.8, 4) is 6.07 Å². The first-order valence-electron chi connectivity index (χ1n) is 13.6. The maximum Gasteiger partial charge on any atom is 0.133 e. The van der Waals surface area contributed by atoms with Crippen LogP contribution >= 0.6 is 0 Å². The number of aryl methyl sites for hydroxylation is 2. The first-order valence-corrected chi connectivity index (χ1v) is 13.6. The summed E-state index contributed by atoms with van der Waals surface area (Å²) in [6, 6.07) is 20.4. The van der Waals surface area contributed by atoms with E-state index in [0.29, 0.717) is 29.4 Å². The predicted octanol–water partition coefficient (Wildman–Crippen LogP) is 8.58. The smallest absolute Gasteiger partial charge is 0.133 e. The van der Waals surface area contributed by atoms with Gasteiger partial charge in [-0.3, -0.25) is 0 Å². The predicted molar refractivity (Wildman–Crippen MR) is 141 cm³/mol. The van der Waals surface area contributed by atoms with E-state index < -0.39 is 0 Å². The molecule has 0 spiro atoms. The minimum absolute atomic E-state index is 0.0475. The van der Waals surface area contributed by atoms with E-state index in [1.54, 1.807) is 6.07 Å². The third kappa shape index (κ3) is 5.24. The van der Waals surface area contributed by atoms with Crippen molar-refractivity contribution < 1.29 is 8.78 Å². The molecule has 3 aromatic carbocycles. The summed E-state index contributed by atoms with van der Waals surface area (Å²) in [5.41, 5.74) is 6.59. The van der Waals surface area contributed by atoms with Crippen LogP contribution < -0.4 is 0 Å². The summed E-state index contributed by atoms with van der Waals surface area (Å²) in [6.07, 6.45) is 9.07. The van der Waals surface area contributed by atoms with Gasteiger partial charge in [-0.15, -0.1) is 0 Å². The molecule has 1 saturated carbocycles. The zero-order valence-electron chi connectivity index (χ0n) is 21.2. The van der Waals surface area contributed by atoms with Crippen LogP contribution in [0.4, 0.5) is 8.78 Å². The van der Waals surface area contributed by atoms with Crippen molar-refractivity contribution in [2.75, 3.05) is 0 Å². The van der Waals surface area contributed by atoms with E-state index in [2.05, 4.69) is 37.3 Å². The van der Waals surface area contributed by atoms with Gasteiger partial charge in [0.15, 0.2) is 0 Å². The molecule has 0 N–H and O–H groups in total. The van der Waals surface area contributed by atoms with Crippen molar-refractivity contribution in [2.24, 2.45) is 5.92 Å². The molecule has 0 heterocycles. The molecule has 0 saturated heterocycles. The van der Waals surface area contributed by atoms with Gasteiger partial charge in [0.25, 0.3) is 0 Å². The van der Waals surface area contributed by atoms with Gasteiger partial charge >= 0.3 is 0 Å². The fourth-order valence-electron chi connectivity index (χ4n) is 6.42. The second-order valence-corrected chi connectivity index (χ2v) is 10.8. The van der Waals surface area contributed by atoms with Crippen LogP contribution in [0.1, 0.15) is 96.2 Å². The van der Waals surface area contributed by atoms with Crippen molar-refractivity contribution in [2.45, 2.75) is 83.0 Å². The van der Waals surface area contributed by atoms with Crippen LogP contribution in [0.2, 0.25) is 0 Å². The number of nitriles is 1. The van der Waals surface area contributed by atoms with E-state index in [0.717, 1.165) is 68.9 Å². The van der Waals surface area contributed by atoms with Crippen LogP contribution in [-0.2, 0) is 25.7 Å². The van der Waals surface area contributed by atoms with Crippen LogP contribution in [0.5, 0.6) is 0 Å². The molecule has 0 amide bonds. The Hall–Kier alpha value is -2.99. The number of hydrogen-bond donors (Lipinski definition) is 0. The van der Waals surface area contributed by atoms with Crippen LogP contribution in [-0.4, -0.2) is 0 Å². The molecule has 1 fully saturated rings. The molecule has 0 bridgehead atoms. The highest BCUT2D eigenvalue weighted by Gasteiger charge is 2.31. The van der Waals surface area contributed by atoms with Gasteiger partial charge in [-0.2, -0.15) is 5.26 Å². The fourth-order valence-corrected chi connectivity index (χ4v) is 6.42. The topological polar surface area (TPSA) is 23.8 Å². The van der Waals surface area contributed by atoms with Gasteiger partial charge in [-0.1, -0.05) is 43.3 Å². The molecule has 3 aromatic rings. The van der Waals surface area contributed by atoms with E-state index in [9.17, 15) is 0 Å². The van der Waals surface area contributed by atoms with Crippen molar-refractivity contribution in [3.63, 3.8) is 0 Å². The van der Waals surface area contributed by atoms with Crippen molar-refractivity contribution in [1.82, 2.24) is 0 Å². The molecule has 186 valence electrons. The van der Waals surface area contributed by atoms with Crippen molar-refractivity contribution in [3.05, 3.63) is 105 Å². The highest BCUT2D eigenvalue weighted by Crippen LogP contribution is 2.44. The Balaban J connectivity index is 1.23. The average molecular weight is 484 g/mol. The number of halogens is 2. The SMILES string of the molecule is CCc1ccc(CCC2CCc3c(cc(F)c(C4CCC(c5ccc(C#N)cc5)CC4)c3F)C2)cc1. The second-order valence-electron chi connectivity index (χ2n) is 10.8. The fraction of sp³-hybridized carbons (Fsp3) is 0.424. The van der Waals surface area contributed by atoms with Crippen molar-refractivity contribution >= 4 is 0 Å². The monoisotopic (exact) mass is 483 g/mol. The second kappa shape index (κ2) is 11.0. The minimum Gasteiger partial charge on any atom is -0.207 e. The highest BCUT2D eigenvalue weighted by atomic mass is 19.1. The first-order chi connectivity index (χ1) is 17.6. The summed E-state index contributed by atoms with van der Waals surface area (Å²) in [6.45, 7) is 2.17. The molecule has 0 aromatic heterocycles. The summed E-state index contributed by atoms with van der Waals surface area (Å²) < 4.78 is 31.0. The number of nitrogens with zero attached hydrogens (tertiary/aromatic N) is 1. The molecule has 2 aliphatic carbocycles. The molecule has 0 aliphatic heterocycles. The van der Waals surface area contributed by atoms with Crippen LogP contribution in [0.3, 0.4) is 0 Å².